The molecule has 4 heteroatoms. The van der Waals surface area contributed by atoms with Crippen LogP contribution in [0, 0.1) is 6.42 Å². The van der Waals surface area contributed by atoms with Crippen LogP contribution in [0.5, 0.6) is 0 Å². The van der Waals surface area contributed by atoms with E-state index in [0.29, 0.717) is 0 Å². The van der Waals surface area contributed by atoms with Gasteiger partial charge < -0.3 is 4.79 Å². The number of carbonyl (C=O) groups excluding carboxylic acids is 1. The molecule has 0 aromatic heterocycles. The molecule has 0 N–H and O–H groups in total. The van der Waals surface area contributed by atoms with Crippen molar-refractivity contribution in [2.75, 3.05) is 0 Å². The number of halogens is 3. The Morgan fingerprint density at radius 3 is 2.33 bits per heavy atom. The monoisotopic (exact) mass is 353 g/mol. The Morgan fingerprint density at radius 2 is 1.75 bits per heavy atom. The third-order valence-corrected chi connectivity index (χ3v) is 4.72. The van der Waals surface area contributed by atoms with Gasteiger partial charge in [-0.3, -0.25) is 0 Å². The summed E-state index contributed by atoms with van der Waals surface area (Å²) in [4.78, 5) is 10.2. The lowest BCUT2D eigenvalue weighted by molar-refractivity contribution is -0.104. The van der Waals surface area contributed by atoms with Gasteiger partial charge in [-0.1, -0.05) is 6.07 Å². The zero-order valence-corrected chi connectivity index (χ0v) is 10.6. The van der Waals surface area contributed by atoms with Crippen LogP contribution >= 0.6 is 47.8 Å². The largest absolute Gasteiger partial charge is 0.303 e. The van der Waals surface area contributed by atoms with Crippen LogP contribution in [-0.4, -0.2) is 6.29 Å². The number of aldehydes is 1. The Kier molecular flexibility index (Phi) is 3.93. The molecule has 0 bridgehead atoms. The van der Waals surface area contributed by atoms with Gasteiger partial charge in [0, 0.05) is 13.4 Å². The third-order valence-electron chi connectivity index (χ3n) is 1.31. The standard InChI is InChI=1S/C8H4Br3O/c9-6-2-1-5(3-4-12)7(10)8(6)11/h1-4H. The molecular formula is C8H4Br3O. The Balaban J connectivity index is 3.16. The van der Waals surface area contributed by atoms with Gasteiger partial charge >= 0.3 is 0 Å². The van der Waals surface area contributed by atoms with E-state index in [9.17, 15) is 4.79 Å². The average molecular weight is 356 g/mol. The zero-order chi connectivity index (χ0) is 9.14. The van der Waals surface area contributed by atoms with Crippen LogP contribution in [-0.2, 0) is 4.79 Å². The van der Waals surface area contributed by atoms with E-state index in [1.807, 2.05) is 12.1 Å². The van der Waals surface area contributed by atoms with E-state index in [2.05, 4.69) is 47.8 Å². The Labute approximate surface area is 95.9 Å². The van der Waals surface area contributed by atoms with E-state index in [4.69, 9.17) is 0 Å². The maximum atomic E-state index is 10.2. The lowest BCUT2D eigenvalue weighted by Crippen LogP contribution is -1.86. The second-order valence-corrected chi connectivity index (χ2v) is 4.51. The lowest BCUT2D eigenvalue weighted by Gasteiger charge is -2.03. The minimum absolute atomic E-state index is 0.764. The van der Waals surface area contributed by atoms with Gasteiger partial charge in [0.05, 0.1) is 6.42 Å². The highest BCUT2D eigenvalue weighted by atomic mass is 79.9. The number of carbonyl (C=O) groups is 1. The number of rotatable bonds is 2. The predicted molar refractivity (Wildman–Crippen MR) is 59.0 cm³/mol. The van der Waals surface area contributed by atoms with Gasteiger partial charge in [0.15, 0.2) is 0 Å². The molecule has 1 rings (SSSR count). The minimum atomic E-state index is 0.764. The van der Waals surface area contributed by atoms with Gasteiger partial charge in [-0.25, -0.2) is 0 Å². The SMILES string of the molecule is O=C[CH]c1ccc(Br)c(Br)c1Br. The van der Waals surface area contributed by atoms with Gasteiger partial charge in [0.2, 0.25) is 0 Å². The highest BCUT2D eigenvalue weighted by molar-refractivity contribution is 9.14. The molecule has 63 valence electrons. The van der Waals surface area contributed by atoms with Crippen molar-refractivity contribution in [2.24, 2.45) is 0 Å². The molecule has 0 unspecified atom stereocenters. The first-order valence-electron chi connectivity index (χ1n) is 3.09. The van der Waals surface area contributed by atoms with E-state index in [1.54, 1.807) is 0 Å². The van der Waals surface area contributed by atoms with Crippen LogP contribution in [0.2, 0.25) is 0 Å². The van der Waals surface area contributed by atoms with Gasteiger partial charge in [-0.05, 0) is 59.4 Å². The molecule has 0 atom stereocenters. The topological polar surface area (TPSA) is 17.1 Å². The predicted octanol–water partition coefficient (Wildman–Crippen LogP) is 3.73. The van der Waals surface area contributed by atoms with Crippen molar-refractivity contribution in [3.05, 3.63) is 37.5 Å². The fourth-order valence-corrected chi connectivity index (χ4v) is 2.18. The van der Waals surface area contributed by atoms with Crippen molar-refractivity contribution in [1.82, 2.24) is 0 Å². The smallest absolute Gasteiger partial charge is 0.128 e. The number of benzene rings is 1. The first-order chi connectivity index (χ1) is 5.66. The highest BCUT2D eigenvalue weighted by Gasteiger charge is 2.06. The number of hydrogen-bond acceptors (Lipinski definition) is 1. The zero-order valence-electron chi connectivity index (χ0n) is 5.85. The molecule has 0 aliphatic carbocycles. The second kappa shape index (κ2) is 4.53. The second-order valence-electron chi connectivity index (χ2n) is 2.07. The Morgan fingerprint density at radius 1 is 1.08 bits per heavy atom. The summed E-state index contributed by atoms with van der Waals surface area (Å²) in [6, 6.07) is 3.73. The fraction of sp³-hybridized carbons (Fsp3) is 0. The van der Waals surface area contributed by atoms with Gasteiger partial charge in [0.1, 0.15) is 6.29 Å². The van der Waals surface area contributed by atoms with Gasteiger partial charge in [-0.15, -0.1) is 0 Å². The van der Waals surface area contributed by atoms with Crippen LogP contribution in [0.1, 0.15) is 5.56 Å². The molecule has 0 aliphatic rings. The van der Waals surface area contributed by atoms with E-state index >= 15 is 0 Å². The molecule has 1 aromatic rings. The van der Waals surface area contributed by atoms with Gasteiger partial charge in [0.25, 0.3) is 0 Å². The van der Waals surface area contributed by atoms with E-state index < -0.39 is 0 Å². The van der Waals surface area contributed by atoms with Crippen molar-refractivity contribution in [2.45, 2.75) is 0 Å². The molecule has 0 fully saturated rings. The molecule has 0 spiro atoms. The van der Waals surface area contributed by atoms with Crippen molar-refractivity contribution in [3.63, 3.8) is 0 Å². The summed E-state index contributed by atoms with van der Waals surface area (Å²) in [6.07, 6.45) is 2.27. The van der Waals surface area contributed by atoms with Crippen molar-refractivity contribution in [1.29, 1.82) is 0 Å². The Hall–Kier alpha value is 0.330. The van der Waals surface area contributed by atoms with E-state index in [0.717, 1.165) is 25.3 Å². The molecular weight excluding hydrogens is 352 g/mol. The molecule has 0 amide bonds. The molecule has 1 nitrogen and oxygen atoms in total. The summed E-state index contributed by atoms with van der Waals surface area (Å²) in [5.74, 6) is 0. The summed E-state index contributed by atoms with van der Waals surface area (Å²) in [5, 5.41) is 0. The molecule has 0 saturated carbocycles. The maximum absolute atomic E-state index is 10.2. The van der Waals surface area contributed by atoms with Crippen LogP contribution in [0.15, 0.2) is 25.6 Å². The molecule has 12 heavy (non-hydrogen) atoms. The van der Waals surface area contributed by atoms with Crippen molar-refractivity contribution in [3.8, 4) is 0 Å². The molecule has 1 aromatic carbocycles. The van der Waals surface area contributed by atoms with Crippen molar-refractivity contribution < 1.29 is 4.79 Å². The summed E-state index contributed by atoms with van der Waals surface area (Å²) in [7, 11) is 0. The summed E-state index contributed by atoms with van der Waals surface area (Å²) in [5.41, 5.74) is 0.861. The molecule has 0 aliphatic heterocycles. The normalized spacial score (nSPS) is 9.92. The van der Waals surface area contributed by atoms with Crippen LogP contribution in [0.25, 0.3) is 0 Å². The maximum Gasteiger partial charge on any atom is 0.128 e. The Bertz CT molecular complexity index is 309. The first kappa shape index (κ1) is 10.4. The van der Waals surface area contributed by atoms with Crippen molar-refractivity contribution >= 4 is 54.1 Å². The van der Waals surface area contributed by atoms with E-state index in [1.165, 1.54) is 6.42 Å². The summed E-state index contributed by atoms with van der Waals surface area (Å²) >= 11 is 10.1. The van der Waals surface area contributed by atoms with E-state index in [-0.39, 0.29) is 0 Å². The minimum Gasteiger partial charge on any atom is -0.303 e. The third kappa shape index (κ3) is 2.18. The average Bonchev–Trinajstić information content (AvgIpc) is 2.07. The molecule has 0 saturated heterocycles. The van der Waals surface area contributed by atoms with Crippen LogP contribution in [0.4, 0.5) is 0 Å². The lowest BCUT2D eigenvalue weighted by atomic mass is 10.2. The highest BCUT2D eigenvalue weighted by Crippen LogP contribution is 2.33. The summed E-state index contributed by atoms with van der Waals surface area (Å²) < 4.78 is 2.75. The van der Waals surface area contributed by atoms with Crippen LogP contribution < -0.4 is 0 Å². The summed E-state index contributed by atoms with van der Waals surface area (Å²) in [6.45, 7) is 0. The molecule has 1 radical (unpaired) electrons. The fourth-order valence-electron chi connectivity index (χ4n) is 0.743. The van der Waals surface area contributed by atoms with Gasteiger partial charge in [-0.2, -0.15) is 0 Å². The molecule has 0 heterocycles. The number of hydrogen-bond donors (Lipinski definition) is 0. The first-order valence-corrected chi connectivity index (χ1v) is 5.46. The quantitative estimate of drug-likeness (QED) is 0.583. The van der Waals surface area contributed by atoms with Crippen LogP contribution in [0.3, 0.4) is 0 Å².